The van der Waals surface area contributed by atoms with E-state index in [4.69, 9.17) is 4.42 Å². The number of rotatable bonds is 3. The molecule has 0 bridgehead atoms. The van der Waals surface area contributed by atoms with Crippen LogP contribution in [0.3, 0.4) is 0 Å². The molecular weight excluding hydrogens is 314 g/mol. The SMILES string of the molecule is O=C(Nc1ccc2oc(C3CC3)nc2c1)c1cccc2c1CCCN2. The average Bonchev–Trinajstić information content (AvgIpc) is 3.41. The fraction of sp³-hybridized carbons (Fsp3) is 0.300. The lowest BCUT2D eigenvalue weighted by Gasteiger charge is -2.20. The van der Waals surface area contributed by atoms with Crippen LogP contribution in [0.15, 0.2) is 40.8 Å². The van der Waals surface area contributed by atoms with Crippen molar-refractivity contribution in [3.05, 3.63) is 53.4 Å². The van der Waals surface area contributed by atoms with Gasteiger partial charge in [-0.2, -0.15) is 0 Å². The number of anilines is 2. The molecule has 5 heteroatoms. The normalized spacial score (nSPS) is 16.3. The number of carbonyl (C=O) groups excluding carboxylic acids is 1. The van der Waals surface area contributed by atoms with Crippen LogP contribution in [0.25, 0.3) is 11.1 Å². The van der Waals surface area contributed by atoms with Crippen LogP contribution in [0, 0.1) is 0 Å². The van der Waals surface area contributed by atoms with E-state index >= 15 is 0 Å². The summed E-state index contributed by atoms with van der Waals surface area (Å²) in [5.74, 6) is 1.22. The zero-order valence-corrected chi connectivity index (χ0v) is 13.8. The molecular formula is C20H19N3O2. The molecule has 0 unspecified atom stereocenters. The Kier molecular flexibility index (Phi) is 3.26. The number of hydrogen-bond acceptors (Lipinski definition) is 4. The summed E-state index contributed by atoms with van der Waals surface area (Å²) in [6, 6.07) is 11.5. The van der Waals surface area contributed by atoms with Gasteiger partial charge in [0.15, 0.2) is 11.5 Å². The monoisotopic (exact) mass is 333 g/mol. The maximum atomic E-state index is 12.8. The summed E-state index contributed by atoms with van der Waals surface area (Å²) >= 11 is 0. The van der Waals surface area contributed by atoms with Crippen molar-refractivity contribution in [1.29, 1.82) is 0 Å². The second-order valence-electron chi connectivity index (χ2n) is 6.83. The van der Waals surface area contributed by atoms with Crippen LogP contribution >= 0.6 is 0 Å². The smallest absolute Gasteiger partial charge is 0.256 e. The van der Waals surface area contributed by atoms with Crippen molar-refractivity contribution in [1.82, 2.24) is 4.98 Å². The maximum absolute atomic E-state index is 12.8. The molecule has 1 amide bonds. The van der Waals surface area contributed by atoms with Gasteiger partial charge in [-0.15, -0.1) is 0 Å². The first-order chi connectivity index (χ1) is 12.3. The maximum Gasteiger partial charge on any atom is 0.256 e. The van der Waals surface area contributed by atoms with E-state index in [2.05, 4.69) is 15.6 Å². The van der Waals surface area contributed by atoms with Crippen molar-refractivity contribution in [2.24, 2.45) is 0 Å². The molecule has 2 heterocycles. The molecule has 5 nitrogen and oxygen atoms in total. The Morgan fingerprint density at radius 1 is 1.24 bits per heavy atom. The molecule has 0 atom stereocenters. The number of hydrogen-bond donors (Lipinski definition) is 2. The topological polar surface area (TPSA) is 67.2 Å². The van der Waals surface area contributed by atoms with E-state index < -0.39 is 0 Å². The summed E-state index contributed by atoms with van der Waals surface area (Å²) in [5.41, 5.74) is 5.24. The summed E-state index contributed by atoms with van der Waals surface area (Å²) in [6.07, 6.45) is 4.29. The van der Waals surface area contributed by atoms with Crippen molar-refractivity contribution in [3.8, 4) is 0 Å². The van der Waals surface area contributed by atoms with Gasteiger partial charge in [-0.1, -0.05) is 6.07 Å². The molecule has 1 aromatic heterocycles. The average molecular weight is 333 g/mol. The summed E-state index contributed by atoms with van der Waals surface area (Å²) < 4.78 is 5.78. The minimum absolute atomic E-state index is 0.0780. The molecule has 1 saturated carbocycles. The molecule has 3 aromatic rings. The fourth-order valence-corrected chi connectivity index (χ4v) is 3.45. The van der Waals surface area contributed by atoms with E-state index in [9.17, 15) is 4.79 Å². The number of carbonyl (C=O) groups is 1. The second-order valence-corrected chi connectivity index (χ2v) is 6.83. The van der Waals surface area contributed by atoms with Gasteiger partial charge in [0.05, 0.1) is 0 Å². The number of nitrogens with zero attached hydrogens (tertiary/aromatic N) is 1. The third-order valence-corrected chi connectivity index (χ3v) is 4.93. The highest BCUT2D eigenvalue weighted by atomic mass is 16.3. The van der Waals surface area contributed by atoms with Crippen LogP contribution in [-0.2, 0) is 6.42 Å². The number of amides is 1. The van der Waals surface area contributed by atoms with E-state index in [0.717, 1.165) is 71.7 Å². The lowest BCUT2D eigenvalue weighted by atomic mass is 9.97. The largest absolute Gasteiger partial charge is 0.440 e. The summed E-state index contributed by atoms with van der Waals surface area (Å²) in [7, 11) is 0. The van der Waals surface area contributed by atoms with Crippen LogP contribution in [0.4, 0.5) is 11.4 Å². The van der Waals surface area contributed by atoms with Gasteiger partial charge in [0, 0.05) is 29.4 Å². The predicted octanol–water partition coefficient (Wildman–Crippen LogP) is 4.32. The Labute approximate surface area is 145 Å². The molecule has 126 valence electrons. The van der Waals surface area contributed by atoms with E-state index in [1.165, 1.54) is 0 Å². The van der Waals surface area contributed by atoms with Crippen molar-refractivity contribution >= 4 is 28.4 Å². The number of aromatic nitrogens is 1. The van der Waals surface area contributed by atoms with Crippen LogP contribution in [0.2, 0.25) is 0 Å². The predicted molar refractivity (Wildman–Crippen MR) is 97.2 cm³/mol. The molecule has 0 spiro atoms. The summed E-state index contributed by atoms with van der Waals surface area (Å²) in [6.45, 7) is 0.963. The van der Waals surface area contributed by atoms with Gasteiger partial charge < -0.3 is 15.1 Å². The van der Waals surface area contributed by atoms with Gasteiger partial charge in [-0.3, -0.25) is 4.79 Å². The quantitative estimate of drug-likeness (QED) is 0.749. The molecule has 25 heavy (non-hydrogen) atoms. The number of fused-ring (bicyclic) bond motifs is 2. The van der Waals surface area contributed by atoms with Gasteiger partial charge in [-0.05, 0) is 61.6 Å². The van der Waals surface area contributed by atoms with Gasteiger partial charge in [0.25, 0.3) is 5.91 Å². The third kappa shape index (κ3) is 2.65. The Bertz CT molecular complexity index is 972. The minimum Gasteiger partial charge on any atom is -0.440 e. The molecule has 0 saturated heterocycles. The van der Waals surface area contributed by atoms with E-state index in [1.54, 1.807) is 0 Å². The molecule has 2 aromatic carbocycles. The Morgan fingerprint density at radius 2 is 2.16 bits per heavy atom. The molecule has 1 aliphatic carbocycles. The number of nitrogens with one attached hydrogen (secondary N) is 2. The van der Waals surface area contributed by atoms with Crippen molar-refractivity contribution in [2.75, 3.05) is 17.2 Å². The Morgan fingerprint density at radius 3 is 3.04 bits per heavy atom. The summed E-state index contributed by atoms with van der Waals surface area (Å²) in [4.78, 5) is 17.3. The van der Waals surface area contributed by atoms with E-state index in [-0.39, 0.29) is 5.91 Å². The molecule has 2 N–H and O–H groups in total. The zero-order chi connectivity index (χ0) is 16.8. The Balaban J connectivity index is 1.43. The number of benzene rings is 2. The lowest BCUT2D eigenvalue weighted by Crippen LogP contribution is -2.19. The van der Waals surface area contributed by atoms with Crippen LogP contribution in [-0.4, -0.2) is 17.4 Å². The fourth-order valence-electron chi connectivity index (χ4n) is 3.45. The first-order valence-corrected chi connectivity index (χ1v) is 8.85. The van der Waals surface area contributed by atoms with E-state index in [1.807, 2.05) is 36.4 Å². The number of oxazole rings is 1. The molecule has 1 fully saturated rings. The van der Waals surface area contributed by atoms with Gasteiger partial charge in [-0.25, -0.2) is 4.98 Å². The molecule has 2 aliphatic rings. The highest BCUT2D eigenvalue weighted by molar-refractivity contribution is 6.06. The first-order valence-electron chi connectivity index (χ1n) is 8.85. The van der Waals surface area contributed by atoms with Crippen molar-refractivity contribution < 1.29 is 9.21 Å². The highest BCUT2D eigenvalue weighted by Gasteiger charge is 2.29. The van der Waals surface area contributed by atoms with Crippen LogP contribution in [0.5, 0.6) is 0 Å². The van der Waals surface area contributed by atoms with Gasteiger partial charge >= 0.3 is 0 Å². The highest BCUT2D eigenvalue weighted by Crippen LogP contribution is 2.40. The van der Waals surface area contributed by atoms with Crippen LogP contribution < -0.4 is 10.6 Å². The zero-order valence-electron chi connectivity index (χ0n) is 13.8. The van der Waals surface area contributed by atoms with Gasteiger partial charge in [0.2, 0.25) is 0 Å². The first kappa shape index (κ1) is 14.5. The third-order valence-electron chi connectivity index (χ3n) is 4.93. The lowest BCUT2D eigenvalue weighted by molar-refractivity contribution is 0.102. The van der Waals surface area contributed by atoms with Crippen LogP contribution in [0.1, 0.15) is 47.0 Å². The Hall–Kier alpha value is -2.82. The standard InChI is InChI=1S/C20H19N3O2/c24-19(15-3-1-5-16-14(15)4-2-10-21-16)22-13-8-9-18-17(11-13)23-20(25-18)12-6-7-12/h1,3,5,8-9,11-12,21H,2,4,6-7,10H2,(H,22,24). The van der Waals surface area contributed by atoms with E-state index in [0.29, 0.717) is 5.92 Å². The van der Waals surface area contributed by atoms with Crippen molar-refractivity contribution in [3.63, 3.8) is 0 Å². The summed E-state index contributed by atoms with van der Waals surface area (Å²) in [5, 5.41) is 6.37. The second kappa shape index (κ2) is 5.62. The minimum atomic E-state index is -0.0780. The molecule has 5 rings (SSSR count). The molecule has 0 radical (unpaired) electrons. The van der Waals surface area contributed by atoms with Crippen molar-refractivity contribution in [2.45, 2.75) is 31.6 Å². The van der Waals surface area contributed by atoms with Gasteiger partial charge in [0.1, 0.15) is 5.52 Å². The molecule has 1 aliphatic heterocycles.